The summed E-state index contributed by atoms with van der Waals surface area (Å²) in [7, 11) is 0. The molecule has 6 heteroatoms. The Bertz CT molecular complexity index is 1000. The van der Waals surface area contributed by atoms with Crippen LogP contribution in [0.1, 0.15) is 10.6 Å². The molecule has 0 aliphatic heterocycles. The number of nitrogens with zero attached hydrogens (tertiary/aromatic N) is 1. The molecule has 0 bridgehead atoms. The van der Waals surface area contributed by atoms with Gasteiger partial charge in [-0.3, -0.25) is 4.79 Å². The minimum absolute atomic E-state index is 0.258. The summed E-state index contributed by atoms with van der Waals surface area (Å²) < 4.78 is 11.6. The van der Waals surface area contributed by atoms with Gasteiger partial charge in [0.05, 0.1) is 0 Å². The smallest absolute Gasteiger partial charge is 0.291 e. The zero-order valence-electron chi connectivity index (χ0n) is 11.2. The summed E-state index contributed by atoms with van der Waals surface area (Å²) in [5.74, 6) is -0.0523. The average Bonchev–Trinajstić information content (AvgIpc) is 3.12. The van der Waals surface area contributed by atoms with Crippen LogP contribution < -0.4 is 5.32 Å². The maximum absolute atomic E-state index is 12.3. The molecule has 1 N–H and O–H groups in total. The Labute approximate surface area is 133 Å². The van der Waals surface area contributed by atoms with Crippen molar-refractivity contribution in [1.82, 2.24) is 4.98 Å². The third kappa shape index (κ3) is 2.27. The maximum Gasteiger partial charge on any atom is 0.291 e. The van der Waals surface area contributed by atoms with Crippen LogP contribution in [-0.2, 0) is 0 Å². The van der Waals surface area contributed by atoms with Crippen LogP contribution in [0.2, 0.25) is 0 Å². The lowest BCUT2D eigenvalue weighted by molar-refractivity contribution is 0.0998. The van der Waals surface area contributed by atoms with E-state index < -0.39 is 0 Å². The fourth-order valence-electron chi connectivity index (χ4n) is 2.25. The first-order valence-corrected chi connectivity index (χ1v) is 7.32. The Hall–Kier alpha value is -2.60. The molecular weight excluding hydrogens is 348 g/mol. The van der Waals surface area contributed by atoms with E-state index in [2.05, 4.69) is 26.2 Å². The Morgan fingerprint density at radius 3 is 2.91 bits per heavy atom. The van der Waals surface area contributed by atoms with E-state index in [1.807, 2.05) is 18.2 Å². The number of oxazole rings is 1. The predicted molar refractivity (Wildman–Crippen MR) is 85.9 cm³/mol. The molecule has 2 aromatic heterocycles. The third-order valence-electron chi connectivity index (χ3n) is 3.29. The van der Waals surface area contributed by atoms with E-state index in [1.54, 1.807) is 24.3 Å². The van der Waals surface area contributed by atoms with Gasteiger partial charge in [0.15, 0.2) is 17.7 Å². The zero-order valence-corrected chi connectivity index (χ0v) is 12.8. The molecule has 0 aliphatic carbocycles. The van der Waals surface area contributed by atoms with Crippen molar-refractivity contribution in [2.45, 2.75) is 0 Å². The van der Waals surface area contributed by atoms with E-state index in [0.29, 0.717) is 22.4 Å². The third-order valence-corrected chi connectivity index (χ3v) is 3.79. The van der Waals surface area contributed by atoms with Crippen LogP contribution in [0.4, 0.5) is 5.69 Å². The maximum atomic E-state index is 12.3. The molecule has 0 saturated carbocycles. The van der Waals surface area contributed by atoms with Crippen molar-refractivity contribution in [1.29, 1.82) is 0 Å². The second-order valence-electron chi connectivity index (χ2n) is 4.78. The van der Waals surface area contributed by atoms with Crippen LogP contribution >= 0.6 is 15.9 Å². The van der Waals surface area contributed by atoms with E-state index >= 15 is 0 Å². The van der Waals surface area contributed by atoms with Gasteiger partial charge in [0.25, 0.3) is 5.91 Å². The van der Waals surface area contributed by atoms with Crippen molar-refractivity contribution in [3.8, 4) is 0 Å². The van der Waals surface area contributed by atoms with Gasteiger partial charge in [-0.2, -0.15) is 0 Å². The molecule has 0 atom stereocenters. The summed E-state index contributed by atoms with van der Waals surface area (Å²) in [6, 6.07) is 12.6. The molecule has 1 amide bonds. The molecule has 0 spiro atoms. The minimum atomic E-state index is -0.310. The fraction of sp³-hybridized carbons (Fsp3) is 0. The number of anilines is 1. The lowest BCUT2D eigenvalue weighted by atomic mass is 10.2. The molecule has 0 saturated heterocycles. The zero-order chi connectivity index (χ0) is 15.1. The molecule has 0 radical (unpaired) electrons. The normalized spacial score (nSPS) is 11.1. The number of furan rings is 1. The first-order chi connectivity index (χ1) is 10.7. The van der Waals surface area contributed by atoms with Gasteiger partial charge >= 0.3 is 0 Å². The Kier molecular flexibility index (Phi) is 2.97. The topological polar surface area (TPSA) is 68.3 Å². The van der Waals surface area contributed by atoms with Gasteiger partial charge in [0.1, 0.15) is 11.1 Å². The second kappa shape index (κ2) is 4.99. The van der Waals surface area contributed by atoms with Gasteiger partial charge in [-0.15, -0.1) is 0 Å². The monoisotopic (exact) mass is 356 g/mol. The summed E-state index contributed by atoms with van der Waals surface area (Å²) in [6.45, 7) is 0. The lowest BCUT2D eigenvalue weighted by Gasteiger charge is -2.02. The summed E-state index contributed by atoms with van der Waals surface area (Å²) in [5.41, 5.74) is 2.65. The molecule has 2 aromatic carbocycles. The number of fused-ring (bicyclic) bond motifs is 2. The number of halogens is 1. The molecule has 5 nitrogen and oxygen atoms in total. The average molecular weight is 357 g/mol. The Balaban J connectivity index is 1.64. The fourth-order valence-corrected chi connectivity index (χ4v) is 2.59. The summed E-state index contributed by atoms with van der Waals surface area (Å²) in [6.07, 6.45) is 1.37. The molecule has 0 unspecified atom stereocenters. The standard InChI is InChI=1S/C16H9BrN2O3/c17-10-2-1-9-5-15(22-14(9)6-10)16(20)19-11-3-4-13-12(7-11)18-8-21-13/h1-8H,(H,19,20). The van der Waals surface area contributed by atoms with E-state index in [4.69, 9.17) is 8.83 Å². The number of hydrogen-bond acceptors (Lipinski definition) is 4. The van der Waals surface area contributed by atoms with Crippen LogP contribution in [0, 0.1) is 0 Å². The molecule has 2 heterocycles. The number of amides is 1. The molecule has 0 fully saturated rings. The van der Waals surface area contributed by atoms with Crippen molar-refractivity contribution in [2.75, 3.05) is 5.32 Å². The van der Waals surface area contributed by atoms with Crippen molar-refractivity contribution in [2.24, 2.45) is 0 Å². The first kappa shape index (κ1) is 13.1. The molecule has 108 valence electrons. The second-order valence-corrected chi connectivity index (χ2v) is 5.70. The highest BCUT2D eigenvalue weighted by Crippen LogP contribution is 2.24. The minimum Gasteiger partial charge on any atom is -0.451 e. The van der Waals surface area contributed by atoms with E-state index in [0.717, 1.165) is 9.86 Å². The van der Waals surface area contributed by atoms with Gasteiger partial charge < -0.3 is 14.2 Å². The number of hydrogen-bond donors (Lipinski definition) is 1. The summed E-state index contributed by atoms with van der Waals surface area (Å²) in [4.78, 5) is 16.3. The van der Waals surface area contributed by atoms with E-state index in [1.165, 1.54) is 6.39 Å². The number of carbonyl (C=O) groups is 1. The molecule has 22 heavy (non-hydrogen) atoms. The van der Waals surface area contributed by atoms with Crippen LogP contribution in [0.3, 0.4) is 0 Å². The van der Waals surface area contributed by atoms with Crippen LogP contribution in [0.5, 0.6) is 0 Å². The highest BCUT2D eigenvalue weighted by molar-refractivity contribution is 9.10. The highest BCUT2D eigenvalue weighted by Gasteiger charge is 2.13. The lowest BCUT2D eigenvalue weighted by Crippen LogP contribution is -2.10. The van der Waals surface area contributed by atoms with Gasteiger partial charge in [0, 0.05) is 15.5 Å². The first-order valence-electron chi connectivity index (χ1n) is 6.53. The molecule has 4 aromatic rings. The van der Waals surface area contributed by atoms with Crippen molar-refractivity contribution < 1.29 is 13.6 Å². The van der Waals surface area contributed by atoms with Gasteiger partial charge in [-0.05, 0) is 42.5 Å². The van der Waals surface area contributed by atoms with E-state index in [9.17, 15) is 4.79 Å². The number of aromatic nitrogens is 1. The van der Waals surface area contributed by atoms with E-state index in [-0.39, 0.29) is 11.7 Å². The largest absolute Gasteiger partial charge is 0.451 e. The van der Waals surface area contributed by atoms with Crippen LogP contribution in [-0.4, -0.2) is 10.9 Å². The number of nitrogens with one attached hydrogen (secondary N) is 1. The van der Waals surface area contributed by atoms with Crippen molar-refractivity contribution in [3.05, 3.63) is 59.1 Å². The van der Waals surface area contributed by atoms with Gasteiger partial charge in [-0.25, -0.2) is 4.98 Å². The quantitative estimate of drug-likeness (QED) is 0.570. The Morgan fingerprint density at radius 1 is 1.09 bits per heavy atom. The predicted octanol–water partition coefficient (Wildman–Crippen LogP) is 4.59. The number of carbonyl (C=O) groups excluding carboxylic acids is 1. The van der Waals surface area contributed by atoms with Crippen LogP contribution in [0.15, 0.2) is 62.2 Å². The Morgan fingerprint density at radius 2 is 2.00 bits per heavy atom. The summed E-state index contributed by atoms with van der Waals surface area (Å²) >= 11 is 3.38. The van der Waals surface area contributed by atoms with Gasteiger partial charge in [0.2, 0.25) is 0 Å². The van der Waals surface area contributed by atoms with Crippen molar-refractivity contribution >= 4 is 49.6 Å². The number of benzene rings is 2. The molecule has 4 rings (SSSR count). The number of rotatable bonds is 2. The highest BCUT2D eigenvalue weighted by atomic mass is 79.9. The van der Waals surface area contributed by atoms with Gasteiger partial charge in [-0.1, -0.05) is 15.9 Å². The molecular formula is C16H9BrN2O3. The SMILES string of the molecule is O=C(Nc1ccc2ocnc2c1)c1cc2ccc(Br)cc2o1. The molecule has 0 aliphatic rings. The summed E-state index contributed by atoms with van der Waals surface area (Å²) in [5, 5.41) is 3.66. The van der Waals surface area contributed by atoms with Crippen molar-refractivity contribution in [3.63, 3.8) is 0 Å². The van der Waals surface area contributed by atoms with Crippen LogP contribution in [0.25, 0.3) is 22.1 Å².